The molecule has 0 heterocycles. The quantitative estimate of drug-likeness (QED) is 0.275. The molecule has 1 atom stereocenters. The Morgan fingerprint density at radius 3 is 2.05 bits per heavy atom. The number of nitrogens with zero attached hydrogens (tertiary/aromatic N) is 2. The van der Waals surface area contributed by atoms with Gasteiger partial charge in [0.05, 0.1) is 17.7 Å². The van der Waals surface area contributed by atoms with Crippen LogP contribution >= 0.6 is 23.2 Å². The average molecular weight is 621 g/mol. The number of aryl methyl sites for hydroxylation is 1. The third-order valence-corrected chi connectivity index (χ3v) is 8.58. The molecule has 8 nitrogen and oxygen atoms in total. The van der Waals surface area contributed by atoms with Crippen LogP contribution in [-0.4, -0.2) is 50.9 Å². The molecular formula is C30H35Cl2N3O5S. The number of ether oxygens (including phenoxy) is 1. The Morgan fingerprint density at radius 1 is 0.951 bits per heavy atom. The van der Waals surface area contributed by atoms with Gasteiger partial charge in [0.2, 0.25) is 11.8 Å². The third-order valence-electron chi connectivity index (χ3n) is 6.35. The van der Waals surface area contributed by atoms with Crippen LogP contribution in [0, 0.1) is 6.92 Å². The Labute approximate surface area is 252 Å². The number of benzene rings is 3. The summed E-state index contributed by atoms with van der Waals surface area (Å²) in [6, 6.07) is 16.8. The maximum absolute atomic E-state index is 14.1. The Kier molecular flexibility index (Phi) is 11.1. The molecule has 11 heteroatoms. The minimum Gasteiger partial charge on any atom is -0.497 e. The number of anilines is 1. The minimum atomic E-state index is -4.24. The van der Waals surface area contributed by atoms with E-state index in [1.54, 1.807) is 50.4 Å². The summed E-state index contributed by atoms with van der Waals surface area (Å²) < 4.78 is 34.1. The van der Waals surface area contributed by atoms with Crippen molar-refractivity contribution in [2.75, 3.05) is 18.0 Å². The summed E-state index contributed by atoms with van der Waals surface area (Å²) in [7, 11) is -2.68. The van der Waals surface area contributed by atoms with Gasteiger partial charge >= 0.3 is 0 Å². The first-order chi connectivity index (χ1) is 19.3. The molecule has 0 saturated heterocycles. The number of hydrogen-bond acceptors (Lipinski definition) is 5. The first-order valence-corrected chi connectivity index (χ1v) is 15.3. The summed E-state index contributed by atoms with van der Waals surface area (Å²) in [6.45, 7) is 6.79. The molecular weight excluding hydrogens is 585 g/mol. The molecule has 0 fully saturated rings. The number of methoxy groups -OCH3 is 1. The van der Waals surface area contributed by atoms with Crippen molar-refractivity contribution in [3.05, 3.63) is 87.9 Å². The van der Waals surface area contributed by atoms with E-state index < -0.39 is 28.5 Å². The second-order valence-corrected chi connectivity index (χ2v) is 12.6. The molecule has 3 rings (SSSR count). The number of carbonyl (C=O) groups excluding carboxylic acids is 2. The van der Waals surface area contributed by atoms with Crippen molar-refractivity contribution in [2.24, 2.45) is 0 Å². The van der Waals surface area contributed by atoms with Crippen molar-refractivity contribution in [2.45, 2.75) is 57.6 Å². The monoisotopic (exact) mass is 619 g/mol. The fourth-order valence-corrected chi connectivity index (χ4v) is 6.19. The van der Waals surface area contributed by atoms with Gasteiger partial charge < -0.3 is 15.0 Å². The number of carbonyl (C=O) groups is 2. The van der Waals surface area contributed by atoms with E-state index in [4.69, 9.17) is 27.9 Å². The highest BCUT2D eigenvalue weighted by atomic mass is 35.5. The van der Waals surface area contributed by atoms with Crippen LogP contribution in [0.15, 0.2) is 71.6 Å². The van der Waals surface area contributed by atoms with E-state index in [0.717, 1.165) is 15.4 Å². The number of halogens is 2. The van der Waals surface area contributed by atoms with Crippen LogP contribution in [0.1, 0.15) is 38.3 Å². The number of amides is 2. The average Bonchev–Trinajstić information content (AvgIpc) is 2.91. The molecule has 0 aromatic heterocycles. The Morgan fingerprint density at radius 2 is 1.54 bits per heavy atom. The van der Waals surface area contributed by atoms with E-state index in [1.165, 1.54) is 35.2 Å². The zero-order valence-electron chi connectivity index (χ0n) is 23.7. The zero-order chi connectivity index (χ0) is 30.3. The van der Waals surface area contributed by atoms with Crippen LogP contribution in [0.4, 0.5) is 5.69 Å². The van der Waals surface area contributed by atoms with Crippen molar-refractivity contribution in [1.82, 2.24) is 10.2 Å². The first-order valence-electron chi connectivity index (χ1n) is 13.1. The first kappa shape index (κ1) is 32.2. The van der Waals surface area contributed by atoms with Gasteiger partial charge in [0.25, 0.3) is 10.0 Å². The van der Waals surface area contributed by atoms with E-state index in [-0.39, 0.29) is 39.1 Å². The fraction of sp³-hybridized carbons (Fsp3) is 0.333. The molecule has 0 unspecified atom stereocenters. The lowest BCUT2D eigenvalue weighted by atomic mass is 10.1. The Bertz CT molecular complexity index is 1440. The molecule has 0 aliphatic rings. The van der Waals surface area contributed by atoms with Gasteiger partial charge in [-0.2, -0.15) is 0 Å². The summed E-state index contributed by atoms with van der Waals surface area (Å²) >= 11 is 12.5. The smallest absolute Gasteiger partial charge is 0.264 e. The number of sulfonamides is 1. The number of nitrogens with one attached hydrogen (secondary N) is 1. The molecule has 220 valence electrons. The minimum absolute atomic E-state index is 0.00158. The lowest BCUT2D eigenvalue weighted by molar-refractivity contribution is -0.140. The van der Waals surface area contributed by atoms with Gasteiger partial charge in [-0.25, -0.2) is 8.42 Å². The van der Waals surface area contributed by atoms with Gasteiger partial charge in [0, 0.05) is 22.6 Å². The molecule has 0 saturated carbocycles. The largest absolute Gasteiger partial charge is 0.497 e. The van der Waals surface area contributed by atoms with Gasteiger partial charge in [0.15, 0.2) is 0 Å². The second kappa shape index (κ2) is 14.1. The number of hydrogen-bond donors (Lipinski definition) is 1. The molecule has 3 aromatic rings. The van der Waals surface area contributed by atoms with Crippen molar-refractivity contribution in [3.8, 4) is 5.75 Å². The SMILES string of the molecule is CC[C@@H](C(=O)NC(C)C)N(Cc1ccc(OC)cc1)C(=O)CN(c1cc(Cl)cc(Cl)c1)S(=O)(=O)c1ccc(C)cc1. The molecule has 1 N–H and O–H groups in total. The standard InChI is InChI=1S/C30H35Cl2N3O5S/c1-6-28(30(37)33-20(2)3)34(18-22-9-11-26(40-5)12-10-22)29(36)19-35(25-16-23(31)15-24(32)17-25)41(38,39)27-13-7-21(4)8-14-27/h7-17,20,28H,6,18-19H2,1-5H3,(H,33,37)/t28-/m0/s1. The van der Waals surface area contributed by atoms with Crippen LogP contribution in [0.5, 0.6) is 5.75 Å². The van der Waals surface area contributed by atoms with Crippen LogP contribution in [-0.2, 0) is 26.2 Å². The highest BCUT2D eigenvalue weighted by Gasteiger charge is 2.34. The van der Waals surface area contributed by atoms with Gasteiger partial charge in [-0.1, -0.05) is 60.0 Å². The van der Waals surface area contributed by atoms with Gasteiger partial charge in [0.1, 0.15) is 18.3 Å². The van der Waals surface area contributed by atoms with Crippen molar-refractivity contribution in [1.29, 1.82) is 0 Å². The summed E-state index contributed by atoms with van der Waals surface area (Å²) in [5, 5.41) is 3.30. The lowest BCUT2D eigenvalue weighted by Gasteiger charge is -2.33. The predicted molar refractivity (Wildman–Crippen MR) is 163 cm³/mol. The molecule has 3 aromatic carbocycles. The van der Waals surface area contributed by atoms with Crippen LogP contribution in [0.2, 0.25) is 10.0 Å². The van der Waals surface area contributed by atoms with Crippen LogP contribution in [0.25, 0.3) is 0 Å². The van der Waals surface area contributed by atoms with E-state index >= 15 is 0 Å². The van der Waals surface area contributed by atoms with E-state index in [0.29, 0.717) is 12.2 Å². The number of rotatable bonds is 12. The fourth-order valence-electron chi connectivity index (χ4n) is 4.28. The Hall–Kier alpha value is -3.27. The summed E-state index contributed by atoms with van der Waals surface area (Å²) in [5.74, 6) is -0.258. The molecule has 0 bridgehead atoms. The Balaban J connectivity index is 2.09. The third kappa shape index (κ3) is 8.38. The molecule has 41 heavy (non-hydrogen) atoms. The van der Waals surface area contributed by atoms with Crippen LogP contribution < -0.4 is 14.4 Å². The molecule has 0 spiro atoms. The lowest BCUT2D eigenvalue weighted by Crippen LogP contribution is -2.53. The van der Waals surface area contributed by atoms with Crippen molar-refractivity contribution < 1.29 is 22.7 Å². The maximum Gasteiger partial charge on any atom is 0.264 e. The summed E-state index contributed by atoms with van der Waals surface area (Å²) in [4.78, 5) is 28.7. The molecule has 0 aliphatic heterocycles. The summed E-state index contributed by atoms with van der Waals surface area (Å²) in [5.41, 5.74) is 1.75. The maximum atomic E-state index is 14.1. The van der Waals surface area contributed by atoms with Crippen molar-refractivity contribution >= 4 is 50.7 Å². The van der Waals surface area contributed by atoms with E-state index in [2.05, 4.69) is 5.32 Å². The van der Waals surface area contributed by atoms with Gasteiger partial charge in [-0.05, 0) is 75.2 Å². The predicted octanol–water partition coefficient (Wildman–Crippen LogP) is 5.84. The van der Waals surface area contributed by atoms with Gasteiger partial charge in [-0.3, -0.25) is 13.9 Å². The van der Waals surface area contributed by atoms with E-state index in [1.807, 2.05) is 20.8 Å². The van der Waals surface area contributed by atoms with E-state index in [9.17, 15) is 18.0 Å². The molecule has 0 radical (unpaired) electrons. The topological polar surface area (TPSA) is 96.0 Å². The molecule has 0 aliphatic carbocycles. The second-order valence-electron chi connectivity index (χ2n) is 9.91. The molecule has 2 amide bonds. The normalized spacial score (nSPS) is 12.1. The van der Waals surface area contributed by atoms with Crippen molar-refractivity contribution in [3.63, 3.8) is 0 Å². The van der Waals surface area contributed by atoms with Crippen LogP contribution in [0.3, 0.4) is 0 Å². The highest BCUT2D eigenvalue weighted by molar-refractivity contribution is 7.92. The summed E-state index contributed by atoms with van der Waals surface area (Å²) in [6.07, 6.45) is 0.314. The highest BCUT2D eigenvalue weighted by Crippen LogP contribution is 2.30. The van der Waals surface area contributed by atoms with Gasteiger partial charge in [-0.15, -0.1) is 0 Å². The zero-order valence-corrected chi connectivity index (χ0v) is 26.1.